The van der Waals surface area contributed by atoms with Crippen LogP contribution >= 0.6 is 0 Å². The van der Waals surface area contributed by atoms with Crippen LogP contribution in [0.15, 0.2) is 42.5 Å². The van der Waals surface area contributed by atoms with E-state index in [0.717, 1.165) is 0 Å². The van der Waals surface area contributed by atoms with Gasteiger partial charge in [0.05, 0.1) is 16.2 Å². The summed E-state index contributed by atoms with van der Waals surface area (Å²) in [6.45, 7) is 0.134. The van der Waals surface area contributed by atoms with Crippen LogP contribution in [0, 0.1) is 17.0 Å². The van der Waals surface area contributed by atoms with Crippen molar-refractivity contribution in [3.63, 3.8) is 0 Å². The number of ether oxygens (including phenoxy) is 1. The molecule has 2 rings (SSSR count). The average molecular weight is 383 g/mol. The first-order chi connectivity index (χ1) is 12.7. The third-order valence-corrected chi connectivity index (χ3v) is 3.50. The third-order valence-electron chi connectivity index (χ3n) is 3.50. The summed E-state index contributed by atoms with van der Waals surface area (Å²) in [5.74, 6) is 0.0292. The quantitative estimate of drug-likeness (QED) is 0.578. The van der Waals surface area contributed by atoms with Crippen molar-refractivity contribution in [1.29, 1.82) is 0 Å². The van der Waals surface area contributed by atoms with Crippen LogP contribution in [0.5, 0.6) is 5.75 Å². The summed E-state index contributed by atoms with van der Waals surface area (Å²) in [4.78, 5) is 22.4. The Labute approximate surface area is 152 Å². The molecule has 0 saturated carbocycles. The number of nitro groups is 1. The number of hydrogen-bond donors (Lipinski definition) is 2. The number of halogens is 3. The van der Waals surface area contributed by atoms with Gasteiger partial charge in [-0.2, -0.15) is 13.2 Å². The number of nitro benzene ring substituents is 1. The highest BCUT2D eigenvalue weighted by molar-refractivity contribution is 5.90. The second kappa shape index (κ2) is 8.39. The Morgan fingerprint density at radius 3 is 2.59 bits per heavy atom. The standard InChI is InChI=1S/C17H16F3N3O4/c1-11-14(6-3-7-15(11)23(25)26)22-16(24)21-9-12-4-2-5-13(8-12)27-10-17(18,19)20/h2-8H,9-10H2,1H3,(H2,21,22,24). The fraction of sp³-hybridized carbons (Fsp3) is 0.235. The Bertz CT molecular complexity index is 840. The fourth-order valence-electron chi connectivity index (χ4n) is 2.22. The molecule has 27 heavy (non-hydrogen) atoms. The summed E-state index contributed by atoms with van der Waals surface area (Å²) in [6, 6.07) is 9.55. The van der Waals surface area contributed by atoms with Gasteiger partial charge in [-0.05, 0) is 30.7 Å². The van der Waals surface area contributed by atoms with Gasteiger partial charge < -0.3 is 15.4 Å². The molecular weight excluding hydrogens is 367 g/mol. The maximum atomic E-state index is 12.2. The van der Waals surface area contributed by atoms with Crippen molar-refractivity contribution < 1.29 is 27.6 Å². The van der Waals surface area contributed by atoms with Gasteiger partial charge in [-0.25, -0.2) is 4.79 Å². The number of carbonyl (C=O) groups excluding carboxylic acids is 1. The summed E-state index contributed by atoms with van der Waals surface area (Å²) in [6.07, 6.45) is -4.44. The Morgan fingerprint density at radius 2 is 1.93 bits per heavy atom. The molecule has 0 fully saturated rings. The number of urea groups is 1. The normalized spacial score (nSPS) is 11.0. The molecular formula is C17H16F3N3O4. The van der Waals surface area contributed by atoms with Crippen molar-refractivity contribution in [1.82, 2.24) is 5.32 Å². The predicted octanol–water partition coefficient (Wildman–Crippen LogP) is 4.17. The van der Waals surface area contributed by atoms with E-state index in [4.69, 9.17) is 0 Å². The topological polar surface area (TPSA) is 93.5 Å². The lowest BCUT2D eigenvalue weighted by atomic mass is 10.1. The van der Waals surface area contributed by atoms with Crippen LogP contribution in [0.2, 0.25) is 0 Å². The molecule has 0 atom stereocenters. The van der Waals surface area contributed by atoms with Crippen molar-refractivity contribution in [2.24, 2.45) is 0 Å². The molecule has 0 bridgehead atoms. The first kappa shape index (κ1) is 20.0. The van der Waals surface area contributed by atoms with E-state index in [1.807, 2.05) is 0 Å². The molecule has 0 saturated heterocycles. The highest BCUT2D eigenvalue weighted by Crippen LogP contribution is 2.25. The second-order valence-electron chi connectivity index (χ2n) is 5.57. The summed E-state index contributed by atoms with van der Waals surface area (Å²) in [5.41, 5.74) is 0.993. The van der Waals surface area contributed by atoms with Crippen LogP contribution in [0.4, 0.5) is 29.3 Å². The highest BCUT2D eigenvalue weighted by Gasteiger charge is 2.28. The van der Waals surface area contributed by atoms with Gasteiger partial charge in [-0.3, -0.25) is 10.1 Å². The summed E-state index contributed by atoms with van der Waals surface area (Å²) in [7, 11) is 0. The number of anilines is 1. The molecule has 2 aromatic rings. The van der Waals surface area contributed by atoms with Gasteiger partial charge in [0.15, 0.2) is 6.61 Å². The zero-order valence-electron chi connectivity index (χ0n) is 14.2. The van der Waals surface area contributed by atoms with Crippen LogP contribution < -0.4 is 15.4 Å². The van der Waals surface area contributed by atoms with E-state index in [0.29, 0.717) is 11.1 Å². The molecule has 0 aliphatic heterocycles. The molecule has 2 amide bonds. The smallest absolute Gasteiger partial charge is 0.422 e. The van der Waals surface area contributed by atoms with Crippen molar-refractivity contribution in [3.8, 4) is 5.75 Å². The first-order valence-electron chi connectivity index (χ1n) is 7.73. The van der Waals surface area contributed by atoms with E-state index in [1.54, 1.807) is 6.07 Å². The van der Waals surface area contributed by atoms with Gasteiger partial charge >= 0.3 is 12.2 Å². The summed E-state index contributed by atoms with van der Waals surface area (Å²) < 4.78 is 41.2. The molecule has 0 spiro atoms. The van der Waals surface area contributed by atoms with E-state index in [-0.39, 0.29) is 23.7 Å². The third kappa shape index (κ3) is 6.17. The zero-order valence-corrected chi connectivity index (χ0v) is 14.2. The van der Waals surface area contributed by atoms with Crippen molar-refractivity contribution in [2.75, 3.05) is 11.9 Å². The number of benzene rings is 2. The molecule has 0 unspecified atom stereocenters. The van der Waals surface area contributed by atoms with Crippen molar-refractivity contribution >= 4 is 17.4 Å². The number of nitrogens with zero attached hydrogens (tertiary/aromatic N) is 1. The van der Waals surface area contributed by atoms with Crippen LogP contribution in [-0.4, -0.2) is 23.7 Å². The van der Waals surface area contributed by atoms with E-state index >= 15 is 0 Å². The predicted molar refractivity (Wildman–Crippen MR) is 91.7 cm³/mol. The van der Waals surface area contributed by atoms with Crippen LogP contribution in [-0.2, 0) is 6.54 Å². The Morgan fingerprint density at radius 1 is 1.22 bits per heavy atom. The minimum Gasteiger partial charge on any atom is -0.484 e. The van der Waals surface area contributed by atoms with Gasteiger partial charge in [0.2, 0.25) is 0 Å². The van der Waals surface area contributed by atoms with E-state index in [2.05, 4.69) is 15.4 Å². The summed E-state index contributed by atoms with van der Waals surface area (Å²) in [5, 5.41) is 15.9. The lowest BCUT2D eigenvalue weighted by molar-refractivity contribution is -0.385. The molecule has 0 radical (unpaired) electrons. The van der Waals surface area contributed by atoms with Crippen LogP contribution in [0.3, 0.4) is 0 Å². The Balaban J connectivity index is 1.94. The number of nitrogens with one attached hydrogen (secondary N) is 2. The first-order valence-corrected chi connectivity index (χ1v) is 7.73. The van der Waals surface area contributed by atoms with E-state index in [9.17, 15) is 28.1 Å². The number of carbonyl (C=O) groups is 1. The molecule has 0 aliphatic carbocycles. The van der Waals surface area contributed by atoms with Crippen molar-refractivity contribution in [3.05, 3.63) is 63.7 Å². The van der Waals surface area contributed by atoms with E-state index < -0.39 is 23.7 Å². The fourth-order valence-corrected chi connectivity index (χ4v) is 2.22. The maximum Gasteiger partial charge on any atom is 0.422 e. The van der Waals surface area contributed by atoms with E-state index in [1.165, 1.54) is 43.3 Å². The average Bonchev–Trinajstić information content (AvgIpc) is 2.59. The lowest BCUT2D eigenvalue weighted by Crippen LogP contribution is -2.28. The number of amides is 2. The van der Waals surface area contributed by atoms with Gasteiger partial charge in [-0.1, -0.05) is 18.2 Å². The zero-order chi connectivity index (χ0) is 20.0. The lowest BCUT2D eigenvalue weighted by Gasteiger charge is -2.12. The number of rotatable bonds is 6. The van der Waals surface area contributed by atoms with Gasteiger partial charge in [0.25, 0.3) is 5.69 Å². The largest absolute Gasteiger partial charge is 0.484 e. The summed E-state index contributed by atoms with van der Waals surface area (Å²) >= 11 is 0. The molecule has 0 aromatic heterocycles. The minimum absolute atomic E-state index is 0.0292. The molecule has 7 nitrogen and oxygen atoms in total. The Kier molecular flexibility index (Phi) is 6.22. The van der Waals surface area contributed by atoms with Crippen molar-refractivity contribution in [2.45, 2.75) is 19.6 Å². The molecule has 10 heteroatoms. The Hall–Kier alpha value is -3.30. The van der Waals surface area contributed by atoms with Crippen LogP contribution in [0.25, 0.3) is 0 Å². The van der Waals surface area contributed by atoms with Gasteiger partial charge in [0, 0.05) is 12.6 Å². The molecule has 2 N–H and O–H groups in total. The maximum absolute atomic E-state index is 12.2. The molecule has 144 valence electrons. The second-order valence-corrected chi connectivity index (χ2v) is 5.57. The molecule has 2 aromatic carbocycles. The highest BCUT2D eigenvalue weighted by atomic mass is 19.4. The molecule has 0 aliphatic rings. The number of hydrogen-bond acceptors (Lipinski definition) is 4. The number of alkyl halides is 3. The SMILES string of the molecule is Cc1c(NC(=O)NCc2cccc(OCC(F)(F)F)c2)cccc1[N+](=O)[O-]. The molecule has 0 heterocycles. The van der Waals surface area contributed by atoms with Gasteiger partial charge in [-0.15, -0.1) is 0 Å². The van der Waals surface area contributed by atoms with Crippen LogP contribution in [0.1, 0.15) is 11.1 Å². The minimum atomic E-state index is -4.44. The monoisotopic (exact) mass is 383 g/mol. The van der Waals surface area contributed by atoms with Gasteiger partial charge in [0.1, 0.15) is 5.75 Å².